The molecule has 9 aliphatic rings. The van der Waals surface area contributed by atoms with Crippen molar-refractivity contribution in [2.75, 3.05) is 14.1 Å². The van der Waals surface area contributed by atoms with Crippen LogP contribution in [-0.2, 0) is 9.05 Å². The van der Waals surface area contributed by atoms with Crippen molar-refractivity contribution in [1.29, 1.82) is 0 Å². The average Bonchev–Trinajstić information content (AvgIpc) is 3.39. The van der Waals surface area contributed by atoms with Gasteiger partial charge in [-0.2, -0.15) is 0 Å². The predicted octanol–water partition coefficient (Wildman–Crippen LogP) is 14.2. The maximum atomic E-state index is 7.98. The molecular weight excluding hydrogens is 691 g/mol. The van der Waals surface area contributed by atoms with Crippen LogP contribution in [0, 0.1) is 35.5 Å². The van der Waals surface area contributed by atoms with Crippen LogP contribution in [0.5, 0.6) is 0 Å². The summed E-state index contributed by atoms with van der Waals surface area (Å²) in [5, 5.41) is 0. The van der Waals surface area contributed by atoms with Crippen LogP contribution in [-0.4, -0.2) is 64.9 Å². The molecule has 0 aromatic carbocycles. The van der Waals surface area contributed by atoms with Gasteiger partial charge in [-0.05, 0) is 149 Å². The van der Waals surface area contributed by atoms with Crippen molar-refractivity contribution in [3.63, 3.8) is 0 Å². The van der Waals surface area contributed by atoms with E-state index in [-0.39, 0.29) is 15.8 Å². The third-order valence-electron chi connectivity index (χ3n) is 17.5. The monoisotopic (exact) mass is 772 g/mol. The summed E-state index contributed by atoms with van der Waals surface area (Å²) >= 11 is 0. The van der Waals surface area contributed by atoms with E-state index in [1.807, 2.05) is 0 Å². The van der Waals surface area contributed by atoms with Crippen molar-refractivity contribution in [2.24, 2.45) is 35.5 Å². The normalized spacial score (nSPS) is 43.4. The van der Waals surface area contributed by atoms with E-state index in [9.17, 15) is 0 Å². The lowest BCUT2D eigenvalue weighted by atomic mass is 9.53. The highest BCUT2D eigenvalue weighted by Gasteiger charge is 2.62. The van der Waals surface area contributed by atoms with Gasteiger partial charge in [0, 0.05) is 11.3 Å². The van der Waals surface area contributed by atoms with E-state index in [4.69, 9.17) is 9.05 Å². The lowest BCUT2D eigenvalue weighted by Gasteiger charge is -2.60. The van der Waals surface area contributed by atoms with Gasteiger partial charge in [0.05, 0.1) is 12.2 Å². The Morgan fingerprint density at radius 3 is 1.04 bits per heavy atom. The smallest absolute Gasteiger partial charge is 0.258 e. The Morgan fingerprint density at radius 1 is 0.404 bits per heavy atom. The summed E-state index contributed by atoms with van der Waals surface area (Å²) in [5.41, 5.74) is 5.80. The molecular formula is C46H80NO2P3. The van der Waals surface area contributed by atoms with Gasteiger partial charge in [0.2, 0.25) is 0 Å². The molecule has 0 amide bonds. The molecule has 8 saturated carbocycles. The number of hydrogen-bond donors (Lipinski definition) is 0. The SMILES string of the molecule is CN(C)P1OC2C(C3CCCCC3CC2P(C2CCCCC2)C2CCCCC2)C2C3CCCCC3CC(P(C3CCCCC3)C3CCCCC3)C2O1. The zero-order valence-corrected chi connectivity index (χ0v) is 36.6. The molecule has 0 radical (unpaired) electrons. The Morgan fingerprint density at radius 2 is 0.712 bits per heavy atom. The lowest BCUT2D eigenvalue weighted by molar-refractivity contribution is -0.0826. The van der Waals surface area contributed by atoms with Gasteiger partial charge < -0.3 is 9.05 Å². The molecule has 10 unspecified atom stereocenters. The molecule has 296 valence electrons. The number of nitrogens with zero attached hydrogens (tertiary/aromatic N) is 1. The number of rotatable bonds is 7. The van der Waals surface area contributed by atoms with Crippen LogP contribution in [0.15, 0.2) is 0 Å². The quantitative estimate of drug-likeness (QED) is 0.241. The molecule has 0 aromatic rings. The van der Waals surface area contributed by atoms with E-state index >= 15 is 0 Å². The Kier molecular flexibility index (Phi) is 13.4. The van der Waals surface area contributed by atoms with Gasteiger partial charge in [-0.3, -0.25) is 0 Å². The average molecular weight is 772 g/mol. The number of hydrogen-bond acceptors (Lipinski definition) is 3. The van der Waals surface area contributed by atoms with Crippen LogP contribution < -0.4 is 0 Å². The highest BCUT2D eigenvalue weighted by atomic mass is 31.2. The fraction of sp³-hybridized carbons (Fsp3) is 1.00. The Balaban J connectivity index is 1.15. The fourth-order valence-corrected chi connectivity index (χ4v) is 26.5. The first-order valence-corrected chi connectivity index (χ1v) is 28.2. The van der Waals surface area contributed by atoms with E-state index in [0.717, 1.165) is 69.5 Å². The molecule has 9 fully saturated rings. The van der Waals surface area contributed by atoms with Gasteiger partial charge in [0.1, 0.15) is 0 Å². The summed E-state index contributed by atoms with van der Waals surface area (Å²) < 4.78 is 18.4. The van der Waals surface area contributed by atoms with Crippen LogP contribution in [0.2, 0.25) is 0 Å². The van der Waals surface area contributed by atoms with Crippen LogP contribution in [0.3, 0.4) is 0 Å². The number of fused-ring (bicyclic) bond motifs is 7. The first kappa shape index (κ1) is 38.7. The third-order valence-corrected chi connectivity index (χ3v) is 27.0. The summed E-state index contributed by atoms with van der Waals surface area (Å²) in [7, 11) is 3.65. The summed E-state index contributed by atoms with van der Waals surface area (Å²) in [6.07, 6.45) is 46.7. The van der Waals surface area contributed by atoms with Gasteiger partial charge in [-0.25, -0.2) is 4.67 Å². The topological polar surface area (TPSA) is 21.7 Å². The molecule has 0 bridgehead atoms. The third kappa shape index (κ3) is 7.96. The summed E-state index contributed by atoms with van der Waals surface area (Å²) in [6, 6.07) is 0. The molecule has 8 aliphatic carbocycles. The second kappa shape index (κ2) is 18.0. The molecule has 0 N–H and O–H groups in total. The molecule has 1 heterocycles. The van der Waals surface area contributed by atoms with Crippen LogP contribution >= 0.6 is 24.4 Å². The molecule has 1 aliphatic heterocycles. The standard InChI is InChI=1S/C46H80NO2P3/c1-47(2)52-48-45-41(50(35-21-7-3-8-22-35)36-23-9-4-10-24-36)31-33-19-15-17-29-39(33)43(45)44-40-30-18-16-20-34(40)32-42(46(44)49-52)51(37-25-11-5-12-26-37)38-27-13-6-14-28-38/h33-46H,3-32H2,1-2H3. The minimum atomic E-state index is -1.01. The van der Waals surface area contributed by atoms with Crippen LogP contribution in [0.1, 0.15) is 193 Å². The van der Waals surface area contributed by atoms with Crippen molar-refractivity contribution in [3.8, 4) is 0 Å². The second-order valence-corrected chi connectivity index (χ2v) is 28.2. The van der Waals surface area contributed by atoms with E-state index in [1.54, 1.807) is 51.4 Å². The zero-order valence-electron chi connectivity index (χ0n) is 33.9. The summed E-state index contributed by atoms with van der Waals surface area (Å²) in [5.74, 6) is 5.34. The van der Waals surface area contributed by atoms with Crippen molar-refractivity contribution < 1.29 is 9.05 Å². The molecule has 9 rings (SSSR count). The molecule has 1 saturated heterocycles. The van der Waals surface area contributed by atoms with Gasteiger partial charge >= 0.3 is 0 Å². The van der Waals surface area contributed by atoms with Crippen molar-refractivity contribution >= 4 is 24.4 Å². The fourth-order valence-electron chi connectivity index (χ4n) is 15.5. The van der Waals surface area contributed by atoms with Crippen molar-refractivity contribution in [1.82, 2.24) is 4.67 Å². The van der Waals surface area contributed by atoms with E-state index in [0.29, 0.717) is 12.2 Å². The highest BCUT2D eigenvalue weighted by Crippen LogP contribution is 2.72. The van der Waals surface area contributed by atoms with Gasteiger partial charge in [-0.1, -0.05) is 131 Å². The summed E-state index contributed by atoms with van der Waals surface area (Å²) in [4.78, 5) is 0. The minimum Gasteiger partial charge on any atom is -0.318 e. The molecule has 0 aromatic heterocycles. The predicted molar refractivity (Wildman–Crippen MR) is 226 cm³/mol. The Labute approximate surface area is 325 Å². The Bertz CT molecular complexity index is 997. The first-order valence-electron chi connectivity index (χ1n) is 24.0. The van der Waals surface area contributed by atoms with Gasteiger partial charge in [-0.15, -0.1) is 0 Å². The first-order chi connectivity index (χ1) is 25.7. The van der Waals surface area contributed by atoms with Crippen LogP contribution in [0.4, 0.5) is 0 Å². The molecule has 3 nitrogen and oxygen atoms in total. The van der Waals surface area contributed by atoms with Crippen molar-refractivity contribution in [3.05, 3.63) is 0 Å². The van der Waals surface area contributed by atoms with E-state index < -0.39 is 8.53 Å². The molecule has 52 heavy (non-hydrogen) atoms. The maximum Gasteiger partial charge on any atom is 0.258 e. The minimum absolute atomic E-state index is 0.0138. The lowest BCUT2D eigenvalue weighted by Crippen LogP contribution is -2.58. The van der Waals surface area contributed by atoms with Crippen molar-refractivity contribution in [2.45, 2.75) is 239 Å². The largest absolute Gasteiger partial charge is 0.318 e. The molecule has 10 atom stereocenters. The second-order valence-electron chi connectivity index (χ2n) is 20.5. The van der Waals surface area contributed by atoms with Crippen LogP contribution in [0.25, 0.3) is 0 Å². The van der Waals surface area contributed by atoms with Gasteiger partial charge in [0.25, 0.3) is 8.53 Å². The van der Waals surface area contributed by atoms with E-state index in [1.165, 1.54) is 141 Å². The van der Waals surface area contributed by atoms with Gasteiger partial charge in [0.15, 0.2) is 0 Å². The Hall–Kier alpha value is 1.17. The highest BCUT2D eigenvalue weighted by molar-refractivity contribution is 7.60. The molecule has 0 spiro atoms. The maximum absolute atomic E-state index is 7.98. The molecule has 6 heteroatoms. The zero-order chi connectivity index (χ0) is 35.0. The van der Waals surface area contributed by atoms with E-state index in [2.05, 4.69) is 18.8 Å². The summed E-state index contributed by atoms with van der Waals surface area (Å²) in [6.45, 7) is 0.